The molecule has 1 aliphatic carbocycles. The fourth-order valence-corrected chi connectivity index (χ4v) is 4.31. The van der Waals surface area contributed by atoms with Crippen LogP contribution in [0.5, 0.6) is 5.88 Å². The van der Waals surface area contributed by atoms with Crippen molar-refractivity contribution in [2.75, 3.05) is 26.2 Å². The van der Waals surface area contributed by atoms with Crippen molar-refractivity contribution in [3.05, 3.63) is 59.2 Å². The zero-order chi connectivity index (χ0) is 23.1. The molecule has 0 bridgehead atoms. The van der Waals surface area contributed by atoms with Crippen LogP contribution in [0.3, 0.4) is 0 Å². The molecular formula is C24H23FN6O2. The Bertz CT molecular complexity index is 1250. The number of hydrogen-bond donors (Lipinski definition) is 1. The molecule has 1 saturated carbocycles. The zero-order valence-electron chi connectivity index (χ0n) is 18.2. The minimum atomic E-state index is -0.663. The number of hydrogen-bond acceptors (Lipinski definition) is 6. The van der Waals surface area contributed by atoms with Crippen LogP contribution in [0.1, 0.15) is 34.3 Å². The van der Waals surface area contributed by atoms with Gasteiger partial charge in [-0.1, -0.05) is 0 Å². The fourth-order valence-electron chi connectivity index (χ4n) is 4.31. The molecule has 9 heteroatoms. The van der Waals surface area contributed by atoms with Gasteiger partial charge in [0.15, 0.2) is 5.82 Å². The van der Waals surface area contributed by atoms with Crippen molar-refractivity contribution in [2.45, 2.75) is 25.8 Å². The lowest BCUT2D eigenvalue weighted by molar-refractivity contribution is 0.0627. The van der Waals surface area contributed by atoms with Crippen molar-refractivity contribution in [2.24, 2.45) is 0 Å². The van der Waals surface area contributed by atoms with E-state index in [2.05, 4.69) is 15.0 Å². The maximum absolute atomic E-state index is 14.1. The first kappa shape index (κ1) is 21.1. The summed E-state index contributed by atoms with van der Waals surface area (Å²) in [5, 5.41) is 23.9. The third kappa shape index (κ3) is 3.94. The van der Waals surface area contributed by atoms with Gasteiger partial charge in [-0.2, -0.15) is 15.0 Å². The van der Waals surface area contributed by atoms with Crippen LogP contribution < -0.4 is 0 Å². The molecule has 3 heterocycles. The van der Waals surface area contributed by atoms with Gasteiger partial charge in [0.2, 0.25) is 5.88 Å². The molecule has 0 radical (unpaired) electrons. The Balaban J connectivity index is 1.34. The third-order valence-electron chi connectivity index (χ3n) is 6.35. The molecule has 8 nitrogen and oxygen atoms in total. The van der Waals surface area contributed by atoms with Gasteiger partial charge in [0, 0.05) is 38.4 Å². The van der Waals surface area contributed by atoms with Crippen LogP contribution in [-0.4, -0.2) is 67.8 Å². The topological polar surface area (TPSA) is 98.3 Å². The van der Waals surface area contributed by atoms with E-state index in [0.717, 1.165) is 13.1 Å². The van der Waals surface area contributed by atoms with E-state index in [0.29, 0.717) is 47.2 Å². The van der Waals surface area contributed by atoms with Crippen LogP contribution in [0.4, 0.5) is 4.39 Å². The highest BCUT2D eigenvalue weighted by molar-refractivity contribution is 5.94. The lowest BCUT2D eigenvalue weighted by atomic mass is 10.0. The molecule has 1 amide bonds. The molecule has 2 fully saturated rings. The van der Waals surface area contributed by atoms with Crippen molar-refractivity contribution < 1.29 is 14.3 Å². The Morgan fingerprint density at radius 1 is 1.15 bits per heavy atom. The second-order valence-electron chi connectivity index (χ2n) is 8.52. The molecular weight excluding hydrogens is 423 g/mol. The molecule has 0 unspecified atom stereocenters. The number of piperazine rings is 1. The number of aryl methyl sites for hydroxylation is 1. The number of carbonyl (C=O) groups excluding carboxylic acids is 1. The van der Waals surface area contributed by atoms with E-state index in [9.17, 15) is 14.3 Å². The summed E-state index contributed by atoms with van der Waals surface area (Å²) in [6, 6.07) is 8.46. The van der Waals surface area contributed by atoms with E-state index in [1.807, 2.05) is 4.90 Å². The Morgan fingerprint density at radius 2 is 1.91 bits per heavy atom. The van der Waals surface area contributed by atoms with Crippen molar-refractivity contribution in [3.8, 4) is 28.9 Å². The molecule has 1 aromatic carbocycles. The van der Waals surface area contributed by atoms with Gasteiger partial charge >= 0.3 is 0 Å². The fraction of sp³-hybridized carbons (Fsp3) is 0.333. The molecule has 1 aliphatic heterocycles. The molecule has 5 rings (SSSR count). The lowest BCUT2D eigenvalue weighted by Gasteiger charge is -2.34. The van der Waals surface area contributed by atoms with Gasteiger partial charge < -0.3 is 10.0 Å². The zero-order valence-corrected chi connectivity index (χ0v) is 18.2. The SMILES string of the molecule is Cc1cc(C#N)c(F)cc1-c1cnn(-c2ccc(C(=O)N3CCN(C4CC4)CC3)cn2)c1O. The molecule has 0 atom stereocenters. The van der Waals surface area contributed by atoms with E-state index in [1.165, 1.54) is 42.0 Å². The van der Waals surface area contributed by atoms with Crippen LogP contribution in [0, 0.1) is 24.1 Å². The van der Waals surface area contributed by atoms with Crippen molar-refractivity contribution in [1.82, 2.24) is 24.6 Å². The monoisotopic (exact) mass is 446 g/mol. The average molecular weight is 446 g/mol. The summed E-state index contributed by atoms with van der Waals surface area (Å²) in [4.78, 5) is 21.5. The summed E-state index contributed by atoms with van der Waals surface area (Å²) >= 11 is 0. The van der Waals surface area contributed by atoms with E-state index >= 15 is 0 Å². The van der Waals surface area contributed by atoms with Gasteiger partial charge in [0.1, 0.15) is 11.9 Å². The van der Waals surface area contributed by atoms with Gasteiger partial charge in [-0.3, -0.25) is 9.69 Å². The second kappa shape index (κ2) is 8.30. The number of halogens is 1. The predicted octanol–water partition coefficient (Wildman–Crippen LogP) is 2.88. The number of rotatable bonds is 4. The van der Waals surface area contributed by atoms with Gasteiger partial charge in [0.05, 0.1) is 22.9 Å². The summed E-state index contributed by atoms with van der Waals surface area (Å²) in [6.45, 7) is 4.96. The smallest absolute Gasteiger partial charge is 0.255 e. The van der Waals surface area contributed by atoms with E-state index in [4.69, 9.17) is 5.26 Å². The molecule has 1 N–H and O–H groups in total. The second-order valence-corrected chi connectivity index (χ2v) is 8.52. The first-order valence-corrected chi connectivity index (χ1v) is 10.9. The van der Waals surface area contributed by atoms with Crippen LogP contribution in [0.2, 0.25) is 0 Å². The molecule has 3 aromatic rings. The van der Waals surface area contributed by atoms with Crippen molar-refractivity contribution in [3.63, 3.8) is 0 Å². The number of aromatic nitrogens is 3. The largest absolute Gasteiger partial charge is 0.493 e. The van der Waals surface area contributed by atoms with Crippen LogP contribution in [0.25, 0.3) is 16.9 Å². The van der Waals surface area contributed by atoms with Crippen molar-refractivity contribution >= 4 is 5.91 Å². The van der Waals surface area contributed by atoms with Gasteiger partial charge in [-0.15, -0.1) is 0 Å². The number of aromatic hydroxyl groups is 1. The molecule has 1 saturated heterocycles. The first-order chi connectivity index (χ1) is 16.0. The summed E-state index contributed by atoms with van der Waals surface area (Å²) in [6.07, 6.45) is 5.43. The summed E-state index contributed by atoms with van der Waals surface area (Å²) in [5.41, 5.74) is 1.83. The molecule has 2 aromatic heterocycles. The summed E-state index contributed by atoms with van der Waals surface area (Å²) in [7, 11) is 0. The number of carbonyl (C=O) groups is 1. The van der Waals surface area contributed by atoms with Gasteiger partial charge in [0.25, 0.3) is 5.91 Å². The minimum absolute atomic E-state index is 0.0565. The molecule has 0 spiro atoms. The van der Waals surface area contributed by atoms with Crippen LogP contribution in [0.15, 0.2) is 36.7 Å². The lowest BCUT2D eigenvalue weighted by Crippen LogP contribution is -2.49. The van der Waals surface area contributed by atoms with Crippen molar-refractivity contribution in [1.29, 1.82) is 5.26 Å². The highest BCUT2D eigenvalue weighted by Crippen LogP contribution is 2.34. The Kier molecular flexibility index (Phi) is 5.30. The highest BCUT2D eigenvalue weighted by atomic mass is 19.1. The quantitative estimate of drug-likeness (QED) is 0.662. The third-order valence-corrected chi connectivity index (χ3v) is 6.35. The maximum atomic E-state index is 14.1. The normalized spacial score (nSPS) is 16.6. The number of pyridine rings is 1. The Morgan fingerprint density at radius 3 is 2.55 bits per heavy atom. The van der Waals surface area contributed by atoms with Gasteiger partial charge in [-0.25, -0.2) is 9.37 Å². The Hall–Kier alpha value is -3.77. The molecule has 2 aliphatic rings. The van der Waals surface area contributed by atoms with E-state index in [1.54, 1.807) is 25.1 Å². The molecule has 33 heavy (non-hydrogen) atoms. The highest BCUT2D eigenvalue weighted by Gasteiger charge is 2.32. The van der Waals surface area contributed by atoms with Crippen LogP contribution in [-0.2, 0) is 0 Å². The molecule has 168 valence electrons. The Labute approximate surface area is 190 Å². The number of amides is 1. The van der Waals surface area contributed by atoms with E-state index < -0.39 is 5.82 Å². The number of benzene rings is 1. The number of nitrogens with zero attached hydrogens (tertiary/aromatic N) is 6. The van der Waals surface area contributed by atoms with Gasteiger partial charge in [-0.05, 0) is 55.2 Å². The standard InChI is InChI=1S/C24H23FN6O2/c1-15-10-17(12-26)21(25)11-19(15)20-14-28-31(24(20)33)22-5-2-16(13-27-22)23(32)30-8-6-29(7-9-30)18-3-4-18/h2,5,10-11,13-14,18,33H,3-4,6-9H2,1H3. The number of nitriles is 1. The van der Waals surface area contributed by atoms with E-state index in [-0.39, 0.29) is 17.4 Å². The maximum Gasteiger partial charge on any atom is 0.255 e. The minimum Gasteiger partial charge on any atom is -0.493 e. The summed E-state index contributed by atoms with van der Waals surface area (Å²) in [5.74, 6) is -0.589. The average Bonchev–Trinajstić information content (AvgIpc) is 3.62. The van der Waals surface area contributed by atoms with Crippen LogP contribution >= 0.6 is 0 Å². The first-order valence-electron chi connectivity index (χ1n) is 10.9. The summed E-state index contributed by atoms with van der Waals surface area (Å²) < 4.78 is 15.4. The predicted molar refractivity (Wildman–Crippen MR) is 118 cm³/mol.